The highest BCUT2D eigenvalue weighted by Gasteiger charge is 2.59. The number of rotatable bonds is 1. The van der Waals surface area contributed by atoms with Crippen LogP contribution in [-0.4, -0.2) is 44.0 Å². The van der Waals surface area contributed by atoms with Gasteiger partial charge in [-0.15, -0.1) is 0 Å². The van der Waals surface area contributed by atoms with Crippen molar-refractivity contribution in [2.45, 2.75) is 31.8 Å². The molecule has 1 amide bonds. The SMILES string of the molecule is CC1(C)c2cccc(O)c2C(=O)C2C(O)=C3C(O)=C(C(N)=O)C(=O)CC3C(O)C21. The molecule has 8 heteroatoms. The molecule has 0 aliphatic heterocycles. The summed E-state index contributed by atoms with van der Waals surface area (Å²) in [6.07, 6.45) is -1.59. The smallest absolute Gasteiger partial charge is 0.256 e. The van der Waals surface area contributed by atoms with Gasteiger partial charge in [0.05, 0.1) is 17.6 Å². The zero-order chi connectivity index (χ0) is 21.4. The van der Waals surface area contributed by atoms with Gasteiger partial charge in [-0.2, -0.15) is 0 Å². The number of aliphatic hydroxyl groups is 3. The molecular formula is C21H21NO7. The molecule has 1 aromatic carbocycles. The van der Waals surface area contributed by atoms with Crippen LogP contribution in [0.5, 0.6) is 5.75 Å². The summed E-state index contributed by atoms with van der Waals surface area (Å²) < 4.78 is 0. The number of ketones is 2. The number of hydrogen-bond donors (Lipinski definition) is 5. The molecule has 0 fully saturated rings. The van der Waals surface area contributed by atoms with Gasteiger partial charge >= 0.3 is 0 Å². The number of primary amides is 1. The largest absolute Gasteiger partial charge is 0.511 e. The van der Waals surface area contributed by atoms with Crippen molar-refractivity contribution in [2.75, 3.05) is 0 Å². The van der Waals surface area contributed by atoms with Crippen molar-refractivity contribution in [3.63, 3.8) is 0 Å². The number of phenols is 1. The van der Waals surface area contributed by atoms with Gasteiger partial charge in [0.2, 0.25) is 0 Å². The number of benzene rings is 1. The second-order valence-corrected chi connectivity index (χ2v) is 8.40. The van der Waals surface area contributed by atoms with Crippen LogP contribution < -0.4 is 5.73 Å². The Labute approximate surface area is 166 Å². The first-order valence-corrected chi connectivity index (χ1v) is 9.24. The van der Waals surface area contributed by atoms with Crippen molar-refractivity contribution in [1.29, 1.82) is 0 Å². The number of allylic oxidation sites excluding steroid dienone is 2. The Hall–Kier alpha value is -3.13. The van der Waals surface area contributed by atoms with Gasteiger partial charge in [0, 0.05) is 23.8 Å². The first-order valence-electron chi connectivity index (χ1n) is 9.24. The Morgan fingerprint density at radius 3 is 2.45 bits per heavy atom. The van der Waals surface area contributed by atoms with Crippen molar-refractivity contribution in [1.82, 2.24) is 0 Å². The van der Waals surface area contributed by atoms with Gasteiger partial charge < -0.3 is 26.2 Å². The van der Waals surface area contributed by atoms with Crippen molar-refractivity contribution >= 4 is 17.5 Å². The molecular weight excluding hydrogens is 378 g/mol. The van der Waals surface area contributed by atoms with E-state index in [0.29, 0.717) is 5.56 Å². The van der Waals surface area contributed by atoms with Gasteiger partial charge in [-0.05, 0) is 17.0 Å². The highest BCUT2D eigenvalue weighted by atomic mass is 16.3. The highest BCUT2D eigenvalue weighted by Crippen LogP contribution is 2.56. The van der Waals surface area contributed by atoms with Crippen molar-refractivity contribution in [2.24, 2.45) is 23.5 Å². The first-order chi connectivity index (χ1) is 13.5. The lowest BCUT2D eigenvalue weighted by molar-refractivity contribution is -0.123. The zero-order valence-electron chi connectivity index (χ0n) is 15.8. The lowest BCUT2D eigenvalue weighted by Crippen LogP contribution is -2.56. The maximum atomic E-state index is 13.3. The number of carbonyl (C=O) groups excluding carboxylic acids is 3. The molecule has 3 aliphatic rings. The minimum Gasteiger partial charge on any atom is -0.511 e. The van der Waals surface area contributed by atoms with E-state index in [2.05, 4.69) is 0 Å². The molecule has 29 heavy (non-hydrogen) atoms. The summed E-state index contributed by atoms with van der Waals surface area (Å²) in [6, 6.07) is 4.64. The number of fused-ring (bicyclic) bond motifs is 3. The summed E-state index contributed by atoms with van der Waals surface area (Å²) in [5.74, 6) is -7.10. The van der Waals surface area contributed by atoms with E-state index in [1.807, 2.05) is 0 Å². The van der Waals surface area contributed by atoms with E-state index in [-0.39, 0.29) is 23.3 Å². The van der Waals surface area contributed by atoms with Crippen LogP contribution in [0.4, 0.5) is 0 Å². The molecule has 0 saturated carbocycles. The maximum absolute atomic E-state index is 13.3. The molecule has 0 saturated heterocycles. The molecule has 0 bridgehead atoms. The number of carbonyl (C=O) groups is 3. The maximum Gasteiger partial charge on any atom is 0.256 e. The second-order valence-electron chi connectivity index (χ2n) is 8.40. The van der Waals surface area contributed by atoms with Crippen LogP contribution in [0.25, 0.3) is 0 Å². The molecule has 0 heterocycles. The standard InChI is InChI=1S/C21H21NO7/c1-21(2)8-4-3-5-9(23)12(8)19(28)14-15(21)16(25)7-6-10(24)13(20(22)29)17(26)11(7)18(14)27/h3-5,7,14-16,23,25-27H,6H2,1-2H3,(H2,22,29). The lowest BCUT2D eigenvalue weighted by Gasteiger charge is -2.51. The monoisotopic (exact) mass is 399 g/mol. The van der Waals surface area contributed by atoms with E-state index >= 15 is 0 Å². The fourth-order valence-electron chi connectivity index (χ4n) is 5.29. The average Bonchev–Trinajstić information content (AvgIpc) is 2.61. The van der Waals surface area contributed by atoms with Crippen LogP contribution in [0, 0.1) is 17.8 Å². The van der Waals surface area contributed by atoms with Crippen LogP contribution in [0.2, 0.25) is 0 Å². The number of hydrogen-bond acceptors (Lipinski definition) is 7. The Morgan fingerprint density at radius 1 is 1.17 bits per heavy atom. The third kappa shape index (κ3) is 2.32. The fraction of sp³-hybridized carbons (Fsp3) is 0.381. The molecule has 0 radical (unpaired) electrons. The molecule has 4 unspecified atom stereocenters. The predicted molar refractivity (Wildman–Crippen MR) is 100 cm³/mol. The van der Waals surface area contributed by atoms with Crippen LogP contribution in [0.3, 0.4) is 0 Å². The minimum atomic E-state index is -1.26. The van der Waals surface area contributed by atoms with E-state index in [1.165, 1.54) is 6.07 Å². The molecule has 3 aliphatic carbocycles. The summed E-state index contributed by atoms with van der Waals surface area (Å²) in [7, 11) is 0. The van der Waals surface area contributed by atoms with Gasteiger partial charge in [-0.1, -0.05) is 26.0 Å². The normalized spacial score (nSPS) is 30.6. The number of phenolic OH excluding ortho intramolecular Hbond substituents is 1. The highest BCUT2D eigenvalue weighted by molar-refractivity contribution is 6.20. The van der Waals surface area contributed by atoms with Crippen molar-refractivity contribution < 1.29 is 34.8 Å². The molecule has 0 spiro atoms. The quantitative estimate of drug-likeness (QED) is 0.443. The number of aromatic hydroxyl groups is 1. The summed E-state index contributed by atoms with van der Waals surface area (Å²) >= 11 is 0. The Balaban J connectivity index is 2.02. The van der Waals surface area contributed by atoms with E-state index in [0.717, 1.165) is 0 Å². The second kappa shape index (κ2) is 5.93. The van der Waals surface area contributed by atoms with Crippen LogP contribution in [-0.2, 0) is 15.0 Å². The van der Waals surface area contributed by atoms with Crippen molar-refractivity contribution in [3.8, 4) is 5.75 Å². The number of Topliss-reactive ketones (excluding diaryl/α,β-unsaturated/α-hetero) is 2. The summed E-state index contributed by atoms with van der Waals surface area (Å²) in [5.41, 5.74) is 4.05. The predicted octanol–water partition coefficient (Wildman–Crippen LogP) is 1.17. The Bertz CT molecular complexity index is 1050. The fourth-order valence-corrected chi connectivity index (χ4v) is 5.29. The molecule has 4 rings (SSSR count). The number of amides is 1. The van der Waals surface area contributed by atoms with Gasteiger partial charge in [0.1, 0.15) is 22.8 Å². The van der Waals surface area contributed by atoms with Crippen LogP contribution in [0.15, 0.2) is 40.9 Å². The van der Waals surface area contributed by atoms with Crippen LogP contribution in [0.1, 0.15) is 36.2 Å². The third-order valence-corrected chi connectivity index (χ3v) is 6.60. The molecule has 1 aromatic rings. The lowest BCUT2D eigenvalue weighted by atomic mass is 9.52. The van der Waals surface area contributed by atoms with E-state index in [4.69, 9.17) is 5.73 Å². The number of aliphatic hydroxyl groups excluding tert-OH is 3. The Morgan fingerprint density at radius 2 is 1.83 bits per heavy atom. The number of nitrogens with two attached hydrogens (primary N) is 1. The van der Waals surface area contributed by atoms with E-state index in [9.17, 15) is 34.8 Å². The third-order valence-electron chi connectivity index (χ3n) is 6.60. The zero-order valence-corrected chi connectivity index (χ0v) is 15.8. The van der Waals surface area contributed by atoms with Crippen molar-refractivity contribution in [3.05, 3.63) is 52.0 Å². The summed E-state index contributed by atoms with van der Waals surface area (Å²) in [6.45, 7) is 3.57. The summed E-state index contributed by atoms with van der Waals surface area (Å²) in [4.78, 5) is 37.2. The van der Waals surface area contributed by atoms with E-state index < -0.39 is 63.8 Å². The average molecular weight is 399 g/mol. The van der Waals surface area contributed by atoms with Gasteiger partial charge in [-0.3, -0.25) is 14.4 Å². The van der Waals surface area contributed by atoms with E-state index in [1.54, 1.807) is 26.0 Å². The molecule has 152 valence electrons. The topological polar surface area (TPSA) is 158 Å². The Kier molecular flexibility index (Phi) is 3.93. The van der Waals surface area contributed by atoms with Crippen LogP contribution >= 0.6 is 0 Å². The van der Waals surface area contributed by atoms with Gasteiger partial charge in [-0.25, -0.2) is 0 Å². The van der Waals surface area contributed by atoms with Gasteiger partial charge in [0.25, 0.3) is 5.91 Å². The molecule has 4 atom stereocenters. The molecule has 0 aromatic heterocycles. The molecule has 6 N–H and O–H groups in total. The molecule has 8 nitrogen and oxygen atoms in total. The minimum absolute atomic E-state index is 0.0435. The first kappa shape index (κ1) is 19.2. The summed E-state index contributed by atoms with van der Waals surface area (Å²) in [5, 5.41) is 43.0. The van der Waals surface area contributed by atoms with Gasteiger partial charge in [0.15, 0.2) is 11.6 Å².